The van der Waals surface area contributed by atoms with Gasteiger partial charge in [0.25, 0.3) is 11.6 Å². The Labute approximate surface area is 82.7 Å². The smallest absolute Gasteiger partial charge is 0.266 e. The number of rotatable bonds is 1. The number of carbonyl (C=O) groups is 1. The van der Waals surface area contributed by atoms with Gasteiger partial charge in [-0.3, -0.25) is 14.9 Å². The maximum absolute atomic E-state index is 13.2. The van der Waals surface area contributed by atoms with Gasteiger partial charge in [-0.1, -0.05) is 0 Å². The summed E-state index contributed by atoms with van der Waals surface area (Å²) in [5.41, 5.74) is -0.460. The van der Waals surface area contributed by atoms with E-state index in [2.05, 4.69) is 9.98 Å². The molecular formula is C8H4FN3O3. The largest absolute Gasteiger partial charge is 0.288 e. The number of halogens is 1. The van der Waals surface area contributed by atoms with Gasteiger partial charge < -0.3 is 0 Å². The van der Waals surface area contributed by atoms with Gasteiger partial charge in [0.1, 0.15) is 0 Å². The van der Waals surface area contributed by atoms with Gasteiger partial charge in [-0.05, 0) is 6.08 Å². The van der Waals surface area contributed by atoms with Gasteiger partial charge in [0, 0.05) is 6.08 Å². The molecule has 7 heteroatoms. The van der Waals surface area contributed by atoms with Gasteiger partial charge in [0.15, 0.2) is 0 Å². The minimum Gasteiger partial charge on any atom is -0.266 e. The molecule has 0 saturated carbocycles. The molecule has 15 heavy (non-hydrogen) atoms. The monoisotopic (exact) mass is 209 g/mol. The van der Waals surface area contributed by atoms with Crippen LogP contribution >= 0.6 is 0 Å². The van der Waals surface area contributed by atoms with E-state index in [9.17, 15) is 19.3 Å². The number of nitro groups is 1. The molecule has 0 aromatic carbocycles. The zero-order chi connectivity index (χ0) is 11.0. The molecule has 0 spiro atoms. The van der Waals surface area contributed by atoms with Crippen LogP contribution < -0.4 is 0 Å². The fourth-order valence-corrected chi connectivity index (χ4v) is 1.23. The van der Waals surface area contributed by atoms with Crippen molar-refractivity contribution in [3.63, 3.8) is 0 Å². The predicted molar refractivity (Wildman–Crippen MR) is 49.0 cm³/mol. The van der Waals surface area contributed by atoms with Gasteiger partial charge in [0.05, 0.1) is 22.5 Å². The maximum Gasteiger partial charge on any atom is 0.288 e. The lowest BCUT2D eigenvalue weighted by molar-refractivity contribution is -0.431. The summed E-state index contributed by atoms with van der Waals surface area (Å²) >= 11 is 0. The summed E-state index contributed by atoms with van der Waals surface area (Å²) in [5, 5.41) is 10.4. The first-order valence-electron chi connectivity index (χ1n) is 3.97. The molecule has 1 aliphatic carbocycles. The number of allylic oxidation sites excluding steroid dienone is 2. The average Bonchev–Trinajstić information content (AvgIpc) is 2.17. The van der Waals surface area contributed by atoms with Crippen LogP contribution in [0.5, 0.6) is 0 Å². The van der Waals surface area contributed by atoms with Crippen molar-refractivity contribution in [1.82, 2.24) is 0 Å². The molecule has 1 amide bonds. The molecule has 0 radical (unpaired) electrons. The number of carbonyl (C=O) groups excluding carboxylic acids is 1. The fraction of sp³-hybridized carbons (Fsp3) is 0.125. The number of amides is 1. The van der Waals surface area contributed by atoms with Gasteiger partial charge in [-0.2, -0.15) is 0 Å². The molecule has 0 aromatic heterocycles. The van der Waals surface area contributed by atoms with Crippen LogP contribution in [0.3, 0.4) is 0 Å². The van der Waals surface area contributed by atoms with E-state index < -0.39 is 22.7 Å². The molecule has 0 fully saturated rings. The maximum atomic E-state index is 13.2. The van der Waals surface area contributed by atoms with Crippen LogP contribution in [-0.4, -0.2) is 28.9 Å². The van der Waals surface area contributed by atoms with Crippen LogP contribution in [0.15, 0.2) is 33.5 Å². The van der Waals surface area contributed by atoms with Crippen molar-refractivity contribution in [3.05, 3.63) is 33.7 Å². The second-order valence-corrected chi connectivity index (χ2v) is 2.87. The van der Waals surface area contributed by atoms with Crippen molar-refractivity contribution in [2.24, 2.45) is 9.98 Å². The molecule has 1 heterocycles. The second kappa shape index (κ2) is 3.19. The molecule has 0 saturated heterocycles. The summed E-state index contributed by atoms with van der Waals surface area (Å²) in [5.74, 6) is -0.613. The lowest BCUT2D eigenvalue weighted by Gasteiger charge is -2.12. The highest BCUT2D eigenvalue weighted by molar-refractivity contribution is 6.34. The SMILES string of the molecule is O=C1C=NC2=CC(F)C([N+](=O)[O-])=CC2=N1. The summed E-state index contributed by atoms with van der Waals surface area (Å²) < 4.78 is 13.2. The Morgan fingerprint density at radius 1 is 1.53 bits per heavy atom. The topological polar surface area (TPSA) is 84.9 Å². The van der Waals surface area contributed by atoms with Crippen LogP contribution in [0.1, 0.15) is 0 Å². The summed E-state index contributed by atoms with van der Waals surface area (Å²) in [7, 11) is 0. The van der Waals surface area contributed by atoms with Crippen LogP contribution in [0.2, 0.25) is 0 Å². The number of aliphatic imine (C=N–C) groups is 2. The van der Waals surface area contributed by atoms with E-state index in [-0.39, 0.29) is 11.4 Å². The van der Waals surface area contributed by atoms with Crippen molar-refractivity contribution < 1.29 is 14.1 Å². The number of hydrogen-bond acceptors (Lipinski definition) is 4. The standard InChI is InChI=1S/C8H4FN3O3/c9-4-1-5-6(2-7(4)12(14)15)11-8(13)3-10-5/h1-4H. The minimum absolute atomic E-state index is 0.0306. The van der Waals surface area contributed by atoms with Gasteiger partial charge in [-0.25, -0.2) is 14.4 Å². The van der Waals surface area contributed by atoms with Crippen molar-refractivity contribution in [1.29, 1.82) is 0 Å². The van der Waals surface area contributed by atoms with E-state index in [4.69, 9.17) is 0 Å². The Bertz CT molecular complexity index is 476. The third-order valence-corrected chi connectivity index (χ3v) is 1.89. The molecule has 0 N–H and O–H groups in total. The molecule has 1 aliphatic heterocycles. The van der Waals surface area contributed by atoms with Crippen molar-refractivity contribution in [2.45, 2.75) is 6.17 Å². The molecule has 2 aliphatic rings. The highest BCUT2D eigenvalue weighted by Crippen LogP contribution is 2.21. The highest BCUT2D eigenvalue weighted by Gasteiger charge is 2.30. The van der Waals surface area contributed by atoms with Crippen molar-refractivity contribution in [3.8, 4) is 0 Å². The van der Waals surface area contributed by atoms with E-state index in [0.717, 1.165) is 18.4 Å². The van der Waals surface area contributed by atoms with Gasteiger partial charge >= 0.3 is 0 Å². The lowest BCUT2D eigenvalue weighted by atomic mass is 10.1. The minimum atomic E-state index is -1.82. The molecule has 2 rings (SSSR count). The number of nitrogens with zero attached hydrogens (tertiary/aromatic N) is 3. The van der Waals surface area contributed by atoms with E-state index in [0.29, 0.717) is 0 Å². The number of hydrogen-bond donors (Lipinski definition) is 0. The Morgan fingerprint density at radius 3 is 2.93 bits per heavy atom. The summed E-state index contributed by atoms with van der Waals surface area (Å²) in [6.07, 6.45) is 1.00. The number of alkyl halides is 1. The molecule has 1 atom stereocenters. The first-order chi connectivity index (χ1) is 7.08. The third-order valence-electron chi connectivity index (χ3n) is 1.89. The molecule has 76 valence electrons. The normalized spacial score (nSPS) is 23.9. The molecular weight excluding hydrogens is 205 g/mol. The van der Waals surface area contributed by atoms with Crippen molar-refractivity contribution >= 4 is 17.8 Å². The first kappa shape index (κ1) is 9.38. The quantitative estimate of drug-likeness (QED) is 0.463. The van der Waals surface area contributed by atoms with Crippen LogP contribution in [0.4, 0.5) is 4.39 Å². The second-order valence-electron chi connectivity index (χ2n) is 2.87. The first-order valence-corrected chi connectivity index (χ1v) is 3.97. The average molecular weight is 209 g/mol. The molecule has 0 bridgehead atoms. The van der Waals surface area contributed by atoms with E-state index >= 15 is 0 Å². The summed E-state index contributed by atoms with van der Waals surface area (Å²) in [6.45, 7) is 0. The Morgan fingerprint density at radius 2 is 2.27 bits per heavy atom. The predicted octanol–water partition coefficient (Wildman–Crippen LogP) is 0.435. The Balaban J connectivity index is 2.45. The Hall–Kier alpha value is -2.18. The van der Waals surface area contributed by atoms with Gasteiger partial charge in [0.2, 0.25) is 6.17 Å². The zero-order valence-electron chi connectivity index (χ0n) is 7.25. The van der Waals surface area contributed by atoms with Crippen LogP contribution in [0.25, 0.3) is 0 Å². The number of fused-ring (bicyclic) bond motifs is 1. The zero-order valence-corrected chi connectivity index (χ0v) is 7.25. The Kier molecular flexibility index (Phi) is 2.00. The fourth-order valence-electron chi connectivity index (χ4n) is 1.23. The third kappa shape index (κ3) is 1.58. The van der Waals surface area contributed by atoms with Crippen molar-refractivity contribution in [2.75, 3.05) is 0 Å². The van der Waals surface area contributed by atoms with E-state index in [1.165, 1.54) is 0 Å². The summed E-state index contributed by atoms with van der Waals surface area (Å²) in [4.78, 5) is 27.5. The van der Waals surface area contributed by atoms with E-state index in [1.54, 1.807) is 0 Å². The van der Waals surface area contributed by atoms with Gasteiger partial charge in [-0.15, -0.1) is 0 Å². The molecule has 6 nitrogen and oxygen atoms in total. The summed E-state index contributed by atoms with van der Waals surface area (Å²) in [6, 6.07) is 0. The van der Waals surface area contributed by atoms with E-state index in [1.807, 2.05) is 0 Å². The highest BCUT2D eigenvalue weighted by atomic mass is 19.1. The van der Waals surface area contributed by atoms with Crippen LogP contribution in [-0.2, 0) is 4.79 Å². The molecule has 0 aromatic rings. The van der Waals surface area contributed by atoms with Crippen LogP contribution in [0, 0.1) is 10.1 Å². The molecule has 1 unspecified atom stereocenters. The lowest BCUT2D eigenvalue weighted by Crippen LogP contribution is -2.22.